The molecule has 1 aromatic carbocycles. The average molecular weight is 315 g/mol. The Morgan fingerprint density at radius 2 is 1.65 bits per heavy atom. The molecule has 0 saturated carbocycles. The van der Waals surface area contributed by atoms with Gasteiger partial charge in [0.2, 0.25) is 0 Å². The average Bonchev–Trinajstić information content (AvgIpc) is 2.52. The summed E-state index contributed by atoms with van der Waals surface area (Å²) in [6.07, 6.45) is 1.35. The third-order valence-electron chi connectivity index (χ3n) is 2.77. The molecule has 2 rings (SSSR count). The van der Waals surface area contributed by atoms with Crippen molar-refractivity contribution in [2.75, 3.05) is 16.6 Å². The van der Waals surface area contributed by atoms with Crippen LogP contribution in [0.1, 0.15) is 31.1 Å². The van der Waals surface area contributed by atoms with E-state index in [9.17, 15) is 4.79 Å². The Labute approximate surface area is 134 Å². The van der Waals surface area contributed by atoms with Crippen LogP contribution in [0.4, 0.5) is 17.3 Å². The highest BCUT2D eigenvalue weighted by molar-refractivity contribution is 5.95. The Balaban J connectivity index is 2.02. The molecule has 8 heteroatoms. The topological polar surface area (TPSA) is 117 Å². The van der Waals surface area contributed by atoms with Crippen LogP contribution in [0.25, 0.3) is 0 Å². The third kappa shape index (κ3) is 4.82. The lowest BCUT2D eigenvalue weighted by molar-refractivity contribution is 0.0962. The molecule has 0 aliphatic heterocycles. The monoisotopic (exact) mass is 315 g/mol. The molecule has 0 aliphatic rings. The summed E-state index contributed by atoms with van der Waals surface area (Å²) in [7, 11) is 0. The van der Waals surface area contributed by atoms with E-state index in [1.807, 2.05) is 26.8 Å². The van der Waals surface area contributed by atoms with Gasteiger partial charge in [-0.3, -0.25) is 15.6 Å². The van der Waals surface area contributed by atoms with Crippen molar-refractivity contribution < 1.29 is 4.79 Å². The largest absolute Gasteiger partial charge is 0.393 e. The van der Waals surface area contributed by atoms with E-state index < -0.39 is 0 Å². The summed E-state index contributed by atoms with van der Waals surface area (Å²) in [6, 6.07) is 8.83. The number of anilines is 3. The van der Waals surface area contributed by atoms with Gasteiger partial charge in [-0.1, -0.05) is 18.2 Å². The highest BCUT2D eigenvalue weighted by Crippen LogP contribution is 2.21. The molecule has 0 aliphatic carbocycles. The number of nitrogens with two attached hydrogens (primary N) is 1. The second-order valence-electron chi connectivity index (χ2n) is 5.93. The number of hydrazine groups is 2. The maximum atomic E-state index is 12.0. The van der Waals surface area contributed by atoms with Gasteiger partial charge in [0.25, 0.3) is 5.91 Å². The number of benzene rings is 1. The summed E-state index contributed by atoms with van der Waals surface area (Å²) >= 11 is 0. The molecule has 6 N–H and O–H groups in total. The van der Waals surface area contributed by atoms with Crippen LogP contribution in [0.15, 0.2) is 36.7 Å². The number of hydrogen-bond donors (Lipinski definition) is 5. The van der Waals surface area contributed by atoms with Crippen LogP contribution in [-0.2, 0) is 0 Å². The molecule has 122 valence electrons. The molecule has 1 heterocycles. The van der Waals surface area contributed by atoms with E-state index in [4.69, 9.17) is 5.73 Å². The lowest BCUT2D eigenvalue weighted by atomic mass is 10.1. The van der Waals surface area contributed by atoms with Gasteiger partial charge in [0.1, 0.15) is 12.0 Å². The number of amides is 1. The predicted molar refractivity (Wildman–Crippen MR) is 90.5 cm³/mol. The predicted octanol–water partition coefficient (Wildman–Crippen LogP) is 1.53. The van der Waals surface area contributed by atoms with Gasteiger partial charge in [-0.25, -0.2) is 15.4 Å². The van der Waals surface area contributed by atoms with E-state index in [-0.39, 0.29) is 17.1 Å². The molecule has 0 saturated heterocycles. The fourth-order valence-corrected chi connectivity index (χ4v) is 1.62. The summed E-state index contributed by atoms with van der Waals surface area (Å²) in [5, 5.41) is 0. The van der Waals surface area contributed by atoms with Crippen LogP contribution < -0.4 is 27.4 Å². The summed E-state index contributed by atoms with van der Waals surface area (Å²) in [6.45, 7) is 5.99. The molecule has 1 amide bonds. The molecule has 2 aromatic rings. The number of carbonyl (C=O) groups is 1. The van der Waals surface area contributed by atoms with Crippen LogP contribution in [0, 0.1) is 0 Å². The van der Waals surface area contributed by atoms with Crippen LogP contribution in [0.2, 0.25) is 0 Å². The summed E-state index contributed by atoms with van der Waals surface area (Å²) in [5.41, 5.74) is 17.9. The molecule has 23 heavy (non-hydrogen) atoms. The third-order valence-corrected chi connectivity index (χ3v) is 2.77. The number of aromatic nitrogens is 2. The van der Waals surface area contributed by atoms with Crippen molar-refractivity contribution in [3.05, 3.63) is 42.2 Å². The van der Waals surface area contributed by atoms with Gasteiger partial charge in [0.05, 0.1) is 0 Å². The molecule has 1 aromatic heterocycles. The van der Waals surface area contributed by atoms with Crippen molar-refractivity contribution >= 4 is 23.2 Å². The van der Waals surface area contributed by atoms with Gasteiger partial charge < -0.3 is 11.2 Å². The van der Waals surface area contributed by atoms with Crippen LogP contribution in [0.5, 0.6) is 0 Å². The Morgan fingerprint density at radius 3 is 2.26 bits per heavy atom. The molecule has 0 spiro atoms. The SMILES string of the molecule is CC(C)(C)NNc1ncnc(NNC(=O)c2ccccc2)c1N. The first-order valence-corrected chi connectivity index (χ1v) is 7.12. The van der Waals surface area contributed by atoms with Crippen molar-refractivity contribution in [1.29, 1.82) is 0 Å². The molecule has 0 bridgehead atoms. The van der Waals surface area contributed by atoms with Gasteiger partial charge in [-0.05, 0) is 32.9 Å². The first kappa shape index (κ1) is 16.5. The molecule has 0 fully saturated rings. The summed E-state index contributed by atoms with van der Waals surface area (Å²) in [5.74, 6) is 0.444. The maximum absolute atomic E-state index is 12.0. The van der Waals surface area contributed by atoms with Crippen molar-refractivity contribution in [2.24, 2.45) is 0 Å². The van der Waals surface area contributed by atoms with E-state index in [2.05, 4.69) is 31.7 Å². The fraction of sp³-hybridized carbons (Fsp3) is 0.267. The van der Waals surface area contributed by atoms with Gasteiger partial charge in [0, 0.05) is 11.1 Å². The first-order valence-electron chi connectivity index (χ1n) is 7.12. The number of nitrogens with zero attached hydrogens (tertiary/aromatic N) is 2. The van der Waals surface area contributed by atoms with E-state index in [1.54, 1.807) is 24.3 Å². The van der Waals surface area contributed by atoms with E-state index in [1.165, 1.54) is 6.33 Å². The highest BCUT2D eigenvalue weighted by atomic mass is 16.2. The zero-order valence-corrected chi connectivity index (χ0v) is 13.3. The number of carbonyl (C=O) groups excluding carboxylic acids is 1. The quantitative estimate of drug-likeness (QED) is 0.531. The smallest absolute Gasteiger partial charge is 0.269 e. The second-order valence-corrected chi connectivity index (χ2v) is 5.93. The normalized spacial score (nSPS) is 10.9. The molecule has 0 radical (unpaired) electrons. The van der Waals surface area contributed by atoms with Gasteiger partial charge >= 0.3 is 0 Å². The van der Waals surface area contributed by atoms with Crippen molar-refractivity contribution in [3.63, 3.8) is 0 Å². The van der Waals surface area contributed by atoms with Gasteiger partial charge in [-0.15, -0.1) is 0 Å². The van der Waals surface area contributed by atoms with Crippen LogP contribution in [-0.4, -0.2) is 21.4 Å². The van der Waals surface area contributed by atoms with E-state index in [0.717, 1.165) is 0 Å². The van der Waals surface area contributed by atoms with Crippen LogP contribution in [0.3, 0.4) is 0 Å². The molecular formula is C15H21N7O. The minimum Gasteiger partial charge on any atom is -0.393 e. The van der Waals surface area contributed by atoms with E-state index in [0.29, 0.717) is 17.2 Å². The number of nitrogen functional groups attached to an aromatic ring is 1. The lowest BCUT2D eigenvalue weighted by Crippen LogP contribution is -2.40. The summed E-state index contributed by atoms with van der Waals surface area (Å²) in [4.78, 5) is 20.1. The van der Waals surface area contributed by atoms with Crippen molar-refractivity contribution in [2.45, 2.75) is 26.3 Å². The minimum atomic E-state index is -0.286. The van der Waals surface area contributed by atoms with Crippen molar-refractivity contribution in [1.82, 2.24) is 20.8 Å². The minimum absolute atomic E-state index is 0.160. The Bertz CT molecular complexity index is 667. The number of hydrogen-bond acceptors (Lipinski definition) is 7. The zero-order valence-electron chi connectivity index (χ0n) is 13.3. The Morgan fingerprint density at radius 1 is 1.04 bits per heavy atom. The van der Waals surface area contributed by atoms with Crippen molar-refractivity contribution in [3.8, 4) is 0 Å². The second kappa shape index (κ2) is 6.93. The molecule has 8 nitrogen and oxygen atoms in total. The summed E-state index contributed by atoms with van der Waals surface area (Å²) < 4.78 is 0. The number of rotatable bonds is 5. The molecule has 0 atom stereocenters. The van der Waals surface area contributed by atoms with Gasteiger partial charge in [-0.2, -0.15) is 0 Å². The zero-order chi connectivity index (χ0) is 16.9. The number of nitrogens with one attached hydrogen (secondary N) is 4. The standard InChI is InChI=1S/C15H21N7O/c1-15(2,3)22-20-13-11(16)12(17-9-18-13)19-21-14(23)10-7-5-4-6-8-10/h4-9,22H,16H2,1-3H3,(H,21,23)(H2,17,18,19,20). The van der Waals surface area contributed by atoms with Gasteiger partial charge in [0.15, 0.2) is 11.6 Å². The fourth-order valence-electron chi connectivity index (χ4n) is 1.62. The Kier molecular flexibility index (Phi) is 4.97. The molecule has 0 unspecified atom stereocenters. The van der Waals surface area contributed by atoms with Crippen LogP contribution >= 0.6 is 0 Å². The van der Waals surface area contributed by atoms with E-state index >= 15 is 0 Å². The maximum Gasteiger partial charge on any atom is 0.269 e. The lowest BCUT2D eigenvalue weighted by Gasteiger charge is -2.22. The first-order chi connectivity index (χ1) is 10.9. The molecular weight excluding hydrogens is 294 g/mol. The highest BCUT2D eigenvalue weighted by Gasteiger charge is 2.13. The Hall–Kier alpha value is -2.87.